The summed E-state index contributed by atoms with van der Waals surface area (Å²) in [4.78, 5) is 14.8. The number of nitrogens with zero attached hydrogens (tertiary/aromatic N) is 1. The number of nitrogens with one attached hydrogen (secondary N) is 1. The van der Waals surface area contributed by atoms with Gasteiger partial charge in [-0.2, -0.15) is 0 Å². The van der Waals surface area contributed by atoms with Crippen LogP contribution in [0.15, 0.2) is 18.2 Å². The summed E-state index contributed by atoms with van der Waals surface area (Å²) < 4.78 is 10.9. The van der Waals surface area contributed by atoms with E-state index in [0.717, 1.165) is 62.4 Å². The second-order valence-corrected chi connectivity index (χ2v) is 7.19. The van der Waals surface area contributed by atoms with Crippen molar-refractivity contribution in [2.24, 2.45) is 5.92 Å². The van der Waals surface area contributed by atoms with E-state index in [1.807, 2.05) is 12.1 Å². The highest BCUT2D eigenvalue weighted by Gasteiger charge is 2.27. The zero-order chi connectivity index (χ0) is 17.6. The molecular formula is C20H30N2O3. The first-order valence-corrected chi connectivity index (χ1v) is 9.44. The minimum atomic E-state index is 0.170. The highest BCUT2D eigenvalue weighted by molar-refractivity contribution is 5.79. The first kappa shape index (κ1) is 18.1. The van der Waals surface area contributed by atoms with E-state index >= 15 is 0 Å². The number of benzene rings is 1. The van der Waals surface area contributed by atoms with Gasteiger partial charge < -0.3 is 14.8 Å². The smallest absolute Gasteiger partial charge is 0.223 e. The van der Waals surface area contributed by atoms with Crippen molar-refractivity contribution in [3.63, 3.8) is 0 Å². The van der Waals surface area contributed by atoms with Gasteiger partial charge in [-0.05, 0) is 44.8 Å². The van der Waals surface area contributed by atoms with Crippen LogP contribution in [0.4, 0.5) is 0 Å². The molecule has 5 nitrogen and oxygen atoms in total. The Kier molecular flexibility index (Phi) is 6.19. The molecule has 1 aromatic rings. The van der Waals surface area contributed by atoms with Crippen molar-refractivity contribution in [1.29, 1.82) is 0 Å². The van der Waals surface area contributed by atoms with Gasteiger partial charge in [0, 0.05) is 24.1 Å². The van der Waals surface area contributed by atoms with Gasteiger partial charge >= 0.3 is 0 Å². The summed E-state index contributed by atoms with van der Waals surface area (Å²) in [5, 5.41) is 3.25. The van der Waals surface area contributed by atoms with Crippen LogP contribution in [0.25, 0.3) is 0 Å². The summed E-state index contributed by atoms with van der Waals surface area (Å²) in [5.41, 5.74) is 1.13. The number of ether oxygens (including phenoxy) is 2. The number of carbonyl (C=O) groups is 1. The fraction of sp³-hybridized carbons (Fsp3) is 0.650. The van der Waals surface area contributed by atoms with Gasteiger partial charge in [0.2, 0.25) is 5.91 Å². The Morgan fingerprint density at radius 3 is 2.48 bits per heavy atom. The minimum Gasteiger partial charge on any atom is -0.493 e. The Hall–Kier alpha value is -1.75. The van der Waals surface area contributed by atoms with Crippen molar-refractivity contribution in [2.45, 2.75) is 51.1 Å². The highest BCUT2D eigenvalue weighted by Crippen LogP contribution is 2.32. The van der Waals surface area contributed by atoms with Crippen LogP contribution in [-0.4, -0.2) is 44.2 Å². The summed E-state index contributed by atoms with van der Waals surface area (Å²) in [6.45, 7) is 2.73. The Morgan fingerprint density at radius 2 is 1.84 bits per heavy atom. The molecule has 1 aliphatic carbocycles. The maximum Gasteiger partial charge on any atom is 0.223 e. The van der Waals surface area contributed by atoms with Gasteiger partial charge in [-0.1, -0.05) is 25.0 Å². The number of hydrogen-bond donors (Lipinski definition) is 1. The Bertz CT molecular complexity index is 576. The van der Waals surface area contributed by atoms with Gasteiger partial charge in [-0.15, -0.1) is 0 Å². The van der Waals surface area contributed by atoms with E-state index in [0.29, 0.717) is 6.04 Å². The third-order valence-electron chi connectivity index (χ3n) is 5.54. The molecule has 1 aromatic carbocycles. The largest absolute Gasteiger partial charge is 0.493 e. The van der Waals surface area contributed by atoms with Crippen LogP contribution in [0.2, 0.25) is 0 Å². The number of amides is 1. The Morgan fingerprint density at radius 1 is 1.12 bits per heavy atom. The van der Waals surface area contributed by atoms with E-state index in [1.54, 1.807) is 14.2 Å². The van der Waals surface area contributed by atoms with Gasteiger partial charge in [-0.3, -0.25) is 9.69 Å². The standard InChI is InChI=1S/C20H30N2O3/c1-24-18-9-5-6-16(19(18)25-2)14-22-12-10-15(11-13-22)20(23)21-17-7-3-4-8-17/h5-6,9,15,17H,3-4,7-8,10-14H2,1-2H3,(H,21,23). The summed E-state index contributed by atoms with van der Waals surface area (Å²) in [5.74, 6) is 2.02. The average molecular weight is 346 g/mol. The zero-order valence-corrected chi connectivity index (χ0v) is 15.4. The summed E-state index contributed by atoms with van der Waals surface area (Å²) in [6.07, 6.45) is 6.69. The Balaban J connectivity index is 1.52. The zero-order valence-electron chi connectivity index (χ0n) is 15.4. The second kappa shape index (κ2) is 8.56. The van der Waals surface area contributed by atoms with Crippen molar-refractivity contribution >= 4 is 5.91 Å². The van der Waals surface area contributed by atoms with Crippen molar-refractivity contribution in [3.8, 4) is 11.5 Å². The predicted molar refractivity (Wildman–Crippen MR) is 97.9 cm³/mol. The predicted octanol–water partition coefficient (Wildman–Crippen LogP) is 2.97. The molecule has 2 aliphatic rings. The molecule has 0 bridgehead atoms. The SMILES string of the molecule is COc1cccc(CN2CCC(C(=O)NC3CCCC3)CC2)c1OC. The lowest BCUT2D eigenvalue weighted by Gasteiger charge is -2.32. The van der Waals surface area contributed by atoms with Crippen LogP contribution >= 0.6 is 0 Å². The lowest BCUT2D eigenvalue weighted by molar-refractivity contribution is -0.127. The van der Waals surface area contributed by atoms with E-state index < -0.39 is 0 Å². The third kappa shape index (κ3) is 4.46. The molecule has 0 spiro atoms. The fourth-order valence-electron chi connectivity index (χ4n) is 4.06. The normalized spacial score (nSPS) is 19.8. The highest BCUT2D eigenvalue weighted by atomic mass is 16.5. The molecule has 25 heavy (non-hydrogen) atoms. The number of hydrogen-bond acceptors (Lipinski definition) is 4. The maximum absolute atomic E-state index is 12.4. The van der Waals surface area contributed by atoms with Crippen LogP contribution < -0.4 is 14.8 Å². The van der Waals surface area contributed by atoms with Crippen LogP contribution in [-0.2, 0) is 11.3 Å². The number of rotatable bonds is 6. The van der Waals surface area contributed by atoms with Crippen LogP contribution in [0.3, 0.4) is 0 Å². The molecule has 1 saturated carbocycles. The van der Waals surface area contributed by atoms with Gasteiger partial charge in [0.25, 0.3) is 0 Å². The summed E-state index contributed by atoms with van der Waals surface area (Å²) in [7, 11) is 3.34. The molecule has 0 atom stereocenters. The van der Waals surface area contributed by atoms with Gasteiger partial charge in [0.05, 0.1) is 14.2 Å². The second-order valence-electron chi connectivity index (χ2n) is 7.19. The quantitative estimate of drug-likeness (QED) is 0.860. The number of piperidine rings is 1. The molecule has 138 valence electrons. The van der Waals surface area contributed by atoms with E-state index in [2.05, 4.69) is 16.3 Å². The van der Waals surface area contributed by atoms with Gasteiger partial charge in [0.15, 0.2) is 11.5 Å². The van der Waals surface area contributed by atoms with E-state index in [9.17, 15) is 4.79 Å². The third-order valence-corrected chi connectivity index (χ3v) is 5.54. The van der Waals surface area contributed by atoms with Crippen molar-refractivity contribution in [2.75, 3.05) is 27.3 Å². The van der Waals surface area contributed by atoms with Crippen molar-refractivity contribution in [1.82, 2.24) is 10.2 Å². The monoisotopic (exact) mass is 346 g/mol. The molecule has 0 aromatic heterocycles. The Labute approximate surface area is 150 Å². The van der Waals surface area contributed by atoms with Gasteiger partial charge in [0.1, 0.15) is 0 Å². The number of para-hydroxylation sites is 1. The first-order valence-electron chi connectivity index (χ1n) is 9.44. The van der Waals surface area contributed by atoms with Crippen molar-refractivity contribution in [3.05, 3.63) is 23.8 Å². The molecule has 1 aliphatic heterocycles. The molecule has 3 rings (SSSR count). The molecule has 2 fully saturated rings. The molecule has 1 amide bonds. The summed E-state index contributed by atoms with van der Waals surface area (Å²) in [6, 6.07) is 6.42. The topological polar surface area (TPSA) is 50.8 Å². The molecule has 0 unspecified atom stereocenters. The number of carbonyl (C=O) groups excluding carboxylic acids is 1. The van der Waals surface area contributed by atoms with Crippen molar-refractivity contribution < 1.29 is 14.3 Å². The number of likely N-dealkylation sites (tertiary alicyclic amines) is 1. The molecule has 0 radical (unpaired) electrons. The lowest BCUT2D eigenvalue weighted by Crippen LogP contribution is -2.43. The van der Waals surface area contributed by atoms with Crippen LogP contribution in [0, 0.1) is 5.92 Å². The van der Waals surface area contributed by atoms with E-state index in [-0.39, 0.29) is 11.8 Å². The summed E-state index contributed by atoms with van der Waals surface area (Å²) >= 11 is 0. The number of methoxy groups -OCH3 is 2. The first-order chi connectivity index (χ1) is 12.2. The molecule has 5 heteroatoms. The average Bonchev–Trinajstić information content (AvgIpc) is 3.15. The molecule has 1 heterocycles. The minimum absolute atomic E-state index is 0.170. The van der Waals surface area contributed by atoms with E-state index in [1.165, 1.54) is 12.8 Å². The van der Waals surface area contributed by atoms with Gasteiger partial charge in [-0.25, -0.2) is 0 Å². The van der Waals surface area contributed by atoms with E-state index in [4.69, 9.17) is 9.47 Å². The molecule has 1 N–H and O–H groups in total. The van der Waals surface area contributed by atoms with Crippen LogP contribution in [0.5, 0.6) is 11.5 Å². The molecule has 1 saturated heterocycles. The fourth-order valence-corrected chi connectivity index (χ4v) is 4.06. The maximum atomic E-state index is 12.4. The molecular weight excluding hydrogens is 316 g/mol. The van der Waals surface area contributed by atoms with Crippen LogP contribution in [0.1, 0.15) is 44.1 Å². The lowest BCUT2D eigenvalue weighted by atomic mass is 9.95.